The minimum Gasteiger partial charge on any atom is -0.333 e. The van der Waals surface area contributed by atoms with Crippen molar-refractivity contribution in [3.05, 3.63) is 20.8 Å². The predicted octanol–water partition coefficient (Wildman–Crippen LogP) is 3.13. The molecule has 0 aliphatic rings. The van der Waals surface area contributed by atoms with Gasteiger partial charge in [-0.3, -0.25) is 4.79 Å². The summed E-state index contributed by atoms with van der Waals surface area (Å²) in [4.78, 5) is 12.3. The second-order valence-electron chi connectivity index (χ2n) is 3.81. The molecule has 5 heteroatoms. The molecule has 0 saturated heterocycles. The summed E-state index contributed by atoms with van der Waals surface area (Å²) in [5, 5.41) is 13.9. The van der Waals surface area contributed by atoms with Crippen molar-refractivity contribution in [2.24, 2.45) is 0 Å². The Morgan fingerprint density at radius 3 is 2.75 bits per heavy atom. The molecule has 0 saturated carbocycles. The van der Waals surface area contributed by atoms with Crippen molar-refractivity contribution in [3.8, 4) is 6.07 Å². The Morgan fingerprint density at radius 1 is 1.75 bits per heavy atom. The van der Waals surface area contributed by atoms with Crippen LogP contribution in [-0.2, 0) is 0 Å². The highest BCUT2D eigenvalue weighted by Gasteiger charge is 2.26. The van der Waals surface area contributed by atoms with Crippen molar-refractivity contribution in [2.75, 3.05) is 0 Å². The minimum atomic E-state index is -0.835. The third kappa shape index (κ3) is 2.55. The number of nitrogens with zero attached hydrogens (tertiary/aromatic N) is 1. The fourth-order valence-corrected chi connectivity index (χ4v) is 2.26. The Morgan fingerprint density at radius 2 is 2.38 bits per heavy atom. The zero-order chi connectivity index (χ0) is 12.3. The maximum Gasteiger partial charge on any atom is 0.264 e. The number of hydrogen-bond donors (Lipinski definition) is 1. The van der Waals surface area contributed by atoms with E-state index in [1.807, 2.05) is 19.2 Å². The smallest absolute Gasteiger partial charge is 0.264 e. The van der Waals surface area contributed by atoms with Gasteiger partial charge >= 0.3 is 0 Å². The van der Waals surface area contributed by atoms with Gasteiger partial charge in [0.25, 0.3) is 5.91 Å². The Balaban J connectivity index is 2.89. The average molecular weight is 257 g/mol. The van der Waals surface area contributed by atoms with Crippen LogP contribution in [0.2, 0.25) is 5.02 Å². The van der Waals surface area contributed by atoms with E-state index in [2.05, 4.69) is 11.4 Å². The van der Waals surface area contributed by atoms with Crippen molar-refractivity contribution >= 4 is 28.8 Å². The summed E-state index contributed by atoms with van der Waals surface area (Å²) in [5.74, 6) is -0.283. The summed E-state index contributed by atoms with van der Waals surface area (Å²) in [6, 6.07) is 2.08. The quantitative estimate of drug-likeness (QED) is 0.903. The van der Waals surface area contributed by atoms with Gasteiger partial charge < -0.3 is 5.32 Å². The fourth-order valence-electron chi connectivity index (χ4n) is 1.09. The number of nitrogens with one attached hydrogen (secondary N) is 1. The van der Waals surface area contributed by atoms with Gasteiger partial charge in [0, 0.05) is 0 Å². The van der Waals surface area contributed by atoms with Crippen molar-refractivity contribution in [1.82, 2.24) is 5.32 Å². The molecule has 0 aromatic carbocycles. The second kappa shape index (κ2) is 4.86. The molecule has 3 nitrogen and oxygen atoms in total. The van der Waals surface area contributed by atoms with Crippen LogP contribution in [0, 0.1) is 18.3 Å². The largest absolute Gasteiger partial charge is 0.333 e. The van der Waals surface area contributed by atoms with Crippen LogP contribution in [0.25, 0.3) is 0 Å². The molecule has 0 bridgehead atoms. The summed E-state index contributed by atoms with van der Waals surface area (Å²) in [7, 11) is 0. The van der Waals surface area contributed by atoms with Crippen LogP contribution in [0.3, 0.4) is 0 Å². The number of carbonyl (C=O) groups is 1. The van der Waals surface area contributed by atoms with Gasteiger partial charge in [-0.1, -0.05) is 18.5 Å². The molecule has 1 amide bonds. The number of rotatable bonds is 3. The maximum atomic E-state index is 11.9. The van der Waals surface area contributed by atoms with E-state index in [1.165, 1.54) is 11.3 Å². The van der Waals surface area contributed by atoms with Crippen LogP contribution in [0.5, 0.6) is 0 Å². The standard InChI is InChI=1S/C11H13ClN2OS/c1-4-11(3,6-13)14-10(15)9-8(12)7(2)5-16-9/h5H,4H2,1-3H3,(H,14,15). The SMILES string of the molecule is CCC(C)(C#N)NC(=O)c1scc(C)c1Cl. The molecule has 1 atom stereocenters. The van der Waals surface area contributed by atoms with E-state index < -0.39 is 5.54 Å². The molecular weight excluding hydrogens is 244 g/mol. The summed E-state index contributed by atoms with van der Waals surface area (Å²) < 4.78 is 0. The average Bonchev–Trinajstić information content (AvgIpc) is 2.59. The number of carbonyl (C=O) groups excluding carboxylic acids is 1. The zero-order valence-corrected chi connectivity index (χ0v) is 11.0. The van der Waals surface area contributed by atoms with Gasteiger partial charge in [-0.05, 0) is 31.2 Å². The molecular formula is C11H13ClN2OS. The van der Waals surface area contributed by atoms with E-state index in [9.17, 15) is 4.79 Å². The molecule has 16 heavy (non-hydrogen) atoms. The zero-order valence-electron chi connectivity index (χ0n) is 9.43. The summed E-state index contributed by atoms with van der Waals surface area (Å²) in [6.45, 7) is 5.39. The van der Waals surface area contributed by atoms with Gasteiger partial charge in [-0.2, -0.15) is 5.26 Å². The molecule has 86 valence electrons. The fraction of sp³-hybridized carbons (Fsp3) is 0.455. The molecule has 0 aliphatic carbocycles. The Labute approximate surface area is 104 Å². The lowest BCUT2D eigenvalue weighted by molar-refractivity contribution is 0.0927. The van der Waals surface area contributed by atoms with E-state index >= 15 is 0 Å². The van der Waals surface area contributed by atoms with E-state index in [0.29, 0.717) is 16.3 Å². The second-order valence-corrected chi connectivity index (χ2v) is 5.07. The predicted molar refractivity (Wildman–Crippen MR) is 65.8 cm³/mol. The number of nitriles is 1. The Bertz CT molecular complexity index is 449. The van der Waals surface area contributed by atoms with E-state index in [1.54, 1.807) is 6.92 Å². The summed E-state index contributed by atoms with van der Waals surface area (Å²) >= 11 is 7.28. The molecule has 0 spiro atoms. The van der Waals surface area contributed by atoms with E-state index in [4.69, 9.17) is 16.9 Å². The number of aryl methyl sites for hydroxylation is 1. The van der Waals surface area contributed by atoms with Crippen molar-refractivity contribution in [3.63, 3.8) is 0 Å². The number of thiophene rings is 1. The molecule has 0 aliphatic heterocycles. The minimum absolute atomic E-state index is 0.283. The van der Waals surface area contributed by atoms with Crippen LogP contribution in [-0.4, -0.2) is 11.4 Å². The summed E-state index contributed by atoms with van der Waals surface area (Å²) in [5.41, 5.74) is 0.0464. The highest BCUT2D eigenvalue weighted by Crippen LogP contribution is 2.27. The number of halogens is 1. The molecule has 1 aromatic heterocycles. The van der Waals surface area contributed by atoms with Crippen molar-refractivity contribution in [1.29, 1.82) is 5.26 Å². The molecule has 1 N–H and O–H groups in total. The topological polar surface area (TPSA) is 52.9 Å². The van der Waals surface area contributed by atoms with Crippen LogP contribution in [0.4, 0.5) is 0 Å². The lowest BCUT2D eigenvalue weighted by Crippen LogP contribution is -2.44. The van der Waals surface area contributed by atoms with Gasteiger partial charge in [0.05, 0.1) is 11.1 Å². The highest BCUT2D eigenvalue weighted by atomic mass is 35.5. The van der Waals surface area contributed by atoms with Gasteiger partial charge in [0.1, 0.15) is 10.4 Å². The third-order valence-electron chi connectivity index (χ3n) is 2.45. The normalized spacial score (nSPS) is 13.9. The van der Waals surface area contributed by atoms with Crippen molar-refractivity contribution in [2.45, 2.75) is 32.7 Å². The first-order chi connectivity index (χ1) is 7.43. The van der Waals surface area contributed by atoms with Gasteiger partial charge in [0.2, 0.25) is 0 Å². The first kappa shape index (κ1) is 13.0. The number of amides is 1. The highest BCUT2D eigenvalue weighted by molar-refractivity contribution is 7.13. The maximum absolute atomic E-state index is 11.9. The molecule has 1 heterocycles. The lowest BCUT2D eigenvalue weighted by atomic mass is 10.0. The van der Waals surface area contributed by atoms with Gasteiger partial charge in [-0.15, -0.1) is 11.3 Å². The molecule has 1 rings (SSSR count). The summed E-state index contributed by atoms with van der Waals surface area (Å²) in [6.07, 6.45) is 0.553. The van der Waals surface area contributed by atoms with E-state index in [0.717, 1.165) is 5.56 Å². The molecule has 1 aromatic rings. The monoisotopic (exact) mass is 256 g/mol. The Kier molecular flexibility index (Phi) is 3.95. The molecule has 1 unspecified atom stereocenters. The first-order valence-electron chi connectivity index (χ1n) is 4.91. The lowest BCUT2D eigenvalue weighted by Gasteiger charge is -2.20. The van der Waals surface area contributed by atoms with Crippen LogP contribution >= 0.6 is 22.9 Å². The van der Waals surface area contributed by atoms with Crippen LogP contribution < -0.4 is 5.32 Å². The van der Waals surface area contributed by atoms with Gasteiger partial charge in [-0.25, -0.2) is 0 Å². The van der Waals surface area contributed by atoms with Crippen LogP contribution in [0.1, 0.15) is 35.5 Å². The molecule has 0 radical (unpaired) electrons. The first-order valence-corrected chi connectivity index (χ1v) is 6.16. The van der Waals surface area contributed by atoms with Crippen LogP contribution in [0.15, 0.2) is 5.38 Å². The van der Waals surface area contributed by atoms with Crippen molar-refractivity contribution < 1.29 is 4.79 Å². The third-order valence-corrected chi connectivity index (χ3v) is 4.14. The Hall–Kier alpha value is -1.05. The van der Waals surface area contributed by atoms with E-state index in [-0.39, 0.29) is 5.91 Å². The number of hydrogen-bond acceptors (Lipinski definition) is 3. The van der Waals surface area contributed by atoms with Gasteiger partial charge in [0.15, 0.2) is 0 Å². The molecule has 0 fully saturated rings.